The molecule has 2 aromatic heterocycles. The van der Waals surface area contributed by atoms with Gasteiger partial charge in [0.25, 0.3) is 5.91 Å². The van der Waals surface area contributed by atoms with Crippen molar-refractivity contribution in [1.29, 1.82) is 0 Å². The van der Waals surface area contributed by atoms with E-state index in [0.29, 0.717) is 16.8 Å². The number of fused-ring (bicyclic) bond motifs is 1. The molecule has 3 N–H and O–H groups in total. The van der Waals surface area contributed by atoms with Crippen molar-refractivity contribution in [2.24, 2.45) is 5.92 Å². The van der Waals surface area contributed by atoms with Gasteiger partial charge in [-0.25, -0.2) is 4.98 Å². The van der Waals surface area contributed by atoms with Gasteiger partial charge in [0, 0.05) is 28.6 Å². The molecule has 0 radical (unpaired) electrons. The lowest BCUT2D eigenvalue weighted by Crippen LogP contribution is -2.41. The number of pyridine rings is 1. The number of aliphatic hydroxyl groups is 2. The first-order chi connectivity index (χ1) is 14.3. The van der Waals surface area contributed by atoms with Gasteiger partial charge in [0.1, 0.15) is 5.58 Å². The van der Waals surface area contributed by atoms with Gasteiger partial charge in [0.05, 0.1) is 29.9 Å². The lowest BCUT2D eigenvalue weighted by molar-refractivity contribution is -0.00257. The molecule has 0 saturated heterocycles. The van der Waals surface area contributed by atoms with Crippen LogP contribution in [0, 0.1) is 5.92 Å². The summed E-state index contributed by atoms with van der Waals surface area (Å²) in [7, 11) is 0. The second-order valence-corrected chi connectivity index (χ2v) is 8.71. The maximum Gasteiger partial charge on any atom is 0.251 e. The average Bonchev–Trinajstić information content (AvgIpc) is 3.21. The number of hydrogen-bond acceptors (Lipinski definition) is 5. The fraction of sp³-hybridized carbons (Fsp3) is 0.417. The minimum atomic E-state index is -0.660. The van der Waals surface area contributed by atoms with E-state index >= 15 is 0 Å². The van der Waals surface area contributed by atoms with E-state index in [-0.39, 0.29) is 24.5 Å². The van der Waals surface area contributed by atoms with Crippen LogP contribution in [0.15, 0.2) is 47.1 Å². The summed E-state index contributed by atoms with van der Waals surface area (Å²) in [5.74, 6) is 0.200. The molecule has 1 saturated carbocycles. The van der Waals surface area contributed by atoms with E-state index in [1.54, 1.807) is 24.5 Å². The van der Waals surface area contributed by atoms with Crippen LogP contribution in [0.2, 0.25) is 0 Å². The maximum atomic E-state index is 12.7. The van der Waals surface area contributed by atoms with Gasteiger partial charge in [-0.2, -0.15) is 0 Å². The molecule has 30 heavy (non-hydrogen) atoms. The SMILES string of the molecule is CC(C)(O)C1CCC(NC(=O)c2ccc(-c3nc(CO)cc4occc34)cc2)CC1. The van der Waals surface area contributed by atoms with E-state index in [1.807, 2.05) is 32.0 Å². The van der Waals surface area contributed by atoms with Crippen molar-refractivity contribution in [2.75, 3.05) is 0 Å². The van der Waals surface area contributed by atoms with Crippen molar-refractivity contribution in [3.63, 3.8) is 0 Å². The lowest BCUT2D eigenvalue weighted by Gasteiger charge is -2.36. The Hall–Kier alpha value is -2.70. The minimum Gasteiger partial charge on any atom is -0.464 e. The fourth-order valence-electron chi connectivity index (χ4n) is 4.31. The number of benzene rings is 1. The highest BCUT2D eigenvalue weighted by atomic mass is 16.3. The van der Waals surface area contributed by atoms with Crippen LogP contribution in [0.4, 0.5) is 0 Å². The largest absolute Gasteiger partial charge is 0.464 e. The Kier molecular flexibility index (Phi) is 5.62. The number of hydrogen-bond donors (Lipinski definition) is 3. The van der Waals surface area contributed by atoms with E-state index < -0.39 is 5.60 Å². The maximum absolute atomic E-state index is 12.7. The molecule has 3 aromatic rings. The molecule has 0 bridgehead atoms. The highest BCUT2D eigenvalue weighted by Crippen LogP contribution is 2.33. The molecule has 1 fully saturated rings. The molecule has 6 nitrogen and oxygen atoms in total. The standard InChI is InChI=1S/C24H28N2O4/c1-24(2,29)17-7-9-18(10-8-17)26-23(28)16-5-3-15(4-6-16)22-20-11-12-30-21(20)13-19(14-27)25-22/h3-6,11-13,17-18,27,29H,7-10,14H2,1-2H3,(H,26,28). The van der Waals surface area contributed by atoms with Crippen LogP contribution in [0.5, 0.6) is 0 Å². The third-order valence-electron chi connectivity index (χ3n) is 6.15. The van der Waals surface area contributed by atoms with Crippen LogP contribution in [0.25, 0.3) is 22.2 Å². The van der Waals surface area contributed by atoms with E-state index in [9.17, 15) is 15.0 Å². The highest BCUT2D eigenvalue weighted by Gasteiger charge is 2.31. The number of aliphatic hydroxyl groups excluding tert-OH is 1. The van der Waals surface area contributed by atoms with E-state index in [2.05, 4.69) is 10.3 Å². The highest BCUT2D eigenvalue weighted by molar-refractivity contribution is 5.96. The minimum absolute atomic E-state index is 0.0845. The molecule has 0 unspecified atom stereocenters. The van der Waals surface area contributed by atoms with Crippen molar-refractivity contribution in [2.45, 2.75) is 57.8 Å². The summed E-state index contributed by atoms with van der Waals surface area (Å²) in [6.07, 6.45) is 5.21. The summed E-state index contributed by atoms with van der Waals surface area (Å²) in [5, 5.41) is 23.6. The van der Waals surface area contributed by atoms with Gasteiger partial charge < -0.3 is 19.9 Å². The monoisotopic (exact) mass is 408 g/mol. The molecule has 1 aromatic carbocycles. The molecule has 158 valence electrons. The Labute approximate surface area is 175 Å². The van der Waals surface area contributed by atoms with Gasteiger partial charge in [0.2, 0.25) is 0 Å². The zero-order chi connectivity index (χ0) is 21.3. The van der Waals surface area contributed by atoms with E-state index in [0.717, 1.165) is 42.3 Å². The van der Waals surface area contributed by atoms with Crippen LogP contribution in [0.1, 0.15) is 55.6 Å². The zero-order valence-corrected chi connectivity index (χ0v) is 17.4. The molecule has 4 rings (SSSR count). The number of furan rings is 1. The number of aromatic nitrogens is 1. The van der Waals surface area contributed by atoms with Crippen molar-refractivity contribution < 1.29 is 19.4 Å². The van der Waals surface area contributed by atoms with Gasteiger partial charge >= 0.3 is 0 Å². The molecule has 1 aliphatic rings. The molecule has 1 amide bonds. The lowest BCUT2D eigenvalue weighted by atomic mass is 9.77. The van der Waals surface area contributed by atoms with Gasteiger partial charge in [0.15, 0.2) is 0 Å². The molecule has 0 aliphatic heterocycles. The van der Waals surface area contributed by atoms with Gasteiger partial charge in [-0.05, 0) is 63.6 Å². The molecule has 2 heterocycles. The summed E-state index contributed by atoms with van der Waals surface area (Å²) in [4.78, 5) is 17.2. The number of carbonyl (C=O) groups excluding carboxylic acids is 1. The van der Waals surface area contributed by atoms with E-state index in [1.165, 1.54) is 0 Å². The van der Waals surface area contributed by atoms with Crippen molar-refractivity contribution in [3.8, 4) is 11.3 Å². The van der Waals surface area contributed by atoms with Gasteiger partial charge in [-0.3, -0.25) is 4.79 Å². The molecule has 6 heteroatoms. The Morgan fingerprint density at radius 3 is 2.50 bits per heavy atom. The molecular weight excluding hydrogens is 380 g/mol. The predicted octanol–water partition coefficient (Wildman–Crippen LogP) is 4.05. The Morgan fingerprint density at radius 2 is 1.87 bits per heavy atom. The summed E-state index contributed by atoms with van der Waals surface area (Å²) >= 11 is 0. The zero-order valence-electron chi connectivity index (χ0n) is 17.4. The number of nitrogens with zero attached hydrogens (tertiary/aromatic N) is 1. The van der Waals surface area contributed by atoms with Crippen molar-refractivity contribution in [1.82, 2.24) is 10.3 Å². The number of carbonyl (C=O) groups is 1. The summed E-state index contributed by atoms with van der Waals surface area (Å²) in [5.41, 5.74) is 2.74. The quantitative estimate of drug-likeness (QED) is 0.592. The molecule has 0 atom stereocenters. The fourth-order valence-corrected chi connectivity index (χ4v) is 4.31. The smallest absolute Gasteiger partial charge is 0.251 e. The first kappa shape index (κ1) is 20.6. The first-order valence-electron chi connectivity index (χ1n) is 10.5. The third kappa shape index (κ3) is 4.25. The van der Waals surface area contributed by atoms with Crippen molar-refractivity contribution >= 4 is 16.9 Å². The first-order valence-corrected chi connectivity index (χ1v) is 10.5. The second-order valence-electron chi connectivity index (χ2n) is 8.71. The number of rotatable bonds is 5. The van der Waals surface area contributed by atoms with Crippen molar-refractivity contribution in [3.05, 3.63) is 53.9 Å². The average molecular weight is 408 g/mol. The number of nitrogens with one attached hydrogen (secondary N) is 1. The Balaban J connectivity index is 1.46. The van der Waals surface area contributed by atoms with Crippen LogP contribution >= 0.6 is 0 Å². The molecular formula is C24H28N2O4. The topological polar surface area (TPSA) is 95.6 Å². The molecule has 1 aliphatic carbocycles. The van der Waals surface area contributed by atoms with Crippen LogP contribution in [0.3, 0.4) is 0 Å². The van der Waals surface area contributed by atoms with Crippen LogP contribution < -0.4 is 5.32 Å². The van der Waals surface area contributed by atoms with Crippen LogP contribution in [-0.4, -0.2) is 32.7 Å². The summed E-state index contributed by atoms with van der Waals surface area (Å²) in [6, 6.07) is 11.1. The van der Waals surface area contributed by atoms with E-state index in [4.69, 9.17) is 4.42 Å². The Bertz CT molecular complexity index is 1030. The van der Waals surface area contributed by atoms with Gasteiger partial charge in [-0.1, -0.05) is 12.1 Å². The third-order valence-corrected chi connectivity index (χ3v) is 6.15. The summed E-state index contributed by atoms with van der Waals surface area (Å²) < 4.78 is 5.47. The predicted molar refractivity (Wildman–Crippen MR) is 115 cm³/mol. The number of amides is 1. The molecule has 0 spiro atoms. The summed E-state index contributed by atoms with van der Waals surface area (Å²) in [6.45, 7) is 3.56. The van der Waals surface area contributed by atoms with Gasteiger partial charge in [-0.15, -0.1) is 0 Å². The normalized spacial score (nSPS) is 19.7. The Morgan fingerprint density at radius 1 is 1.17 bits per heavy atom. The second kappa shape index (κ2) is 8.20. The van der Waals surface area contributed by atoms with Crippen LogP contribution in [-0.2, 0) is 6.61 Å².